The van der Waals surface area contributed by atoms with Crippen molar-refractivity contribution >= 4 is 12.2 Å². The van der Waals surface area contributed by atoms with Gasteiger partial charge in [-0.05, 0) is 24.1 Å². The number of carbonyl (C=O) groups excluding carboxylic acids is 2. The molecule has 0 unspecified atom stereocenters. The Kier molecular flexibility index (Phi) is 5.24. The molecule has 1 aromatic carbocycles. The molecular formula is C21H17N5O3. The van der Waals surface area contributed by atoms with Gasteiger partial charge in [0.05, 0.1) is 18.4 Å². The minimum absolute atomic E-state index is 0.266. The number of carbonyl (C=O) groups is 2. The summed E-state index contributed by atoms with van der Waals surface area (Å²) >= 11 is 0. The molecule has 1 amide bonds. The number of amides is 1. The van der Waals surface area contributed by atoms with Crippen LogP contribution in [0.3, 0.4) is 0 Å². The molecule has 0 saturated heterocycles. The van der Waals surface area contributed by atoms with E-state index in [1.54, 1.807) is 29.1 Å². The zero-order valence-electron chi connectivity index (χ0n) is 15.3. The van der Waals surface area contributed by atoms with Crippen molar-refractivity contribution < 1.29 is 14.0 Å². The molecule has 8 heteroatoms. The van der Waals surface area contributed by atoms with Crippen molar-refractivity contribution in [3.8, 4) is 17.3 Å². The molecule has 0 saturated carbocycles. The number of aldehydes is 1. The van der Waals surface area contributed by atoms with E-state index in [1.807, 2.05) is 30.3 Å². The first kappa shape index (κ1) is 18.3. The maximum Gasteiger partial charge on any atom is 0.270 e. The molecule has 3 heterocycles. The number of imidazole rings is 1. The Labute approximate surface area is 166 Å². The number of benzene rings is 1. The van der Waals surface area contributed by atoms with Gasteiger partial charge in [-0.25, -0.2) is 15.0 Å². The molecule has 4 aromatic rings. The van der Waals surface area contributed by atoms with Crippen molar-refractivity contribution in [2.75, 3.05) is 0 Å². The summed E-state index contributed by atoms with van der Waals surface area (Å²) in [5, 5.41) is 2.74. The summed E-state index contributed by atoms with van der Waals surface area (Å²) in [6.45, 7) is 0. The lowest BCUT2D eigenvalue weighted by Gasteiger charge is -2.14. The van der Waals surface area contributed by atoms with Gasteiger partial charge in [-0.1, -0.05) is 30.3 Å². The van der Waals surface area contributed by atoms with Crippen LogP contribution in [0.1, 0.15) is 16.1 Å². The Morgan fingerprint density at radius 3 is 2.79 bits per heavy atom. The summed E-state index contributed by atoms with van der Waals surface area (Å²) < 4.78 is 6.86. The molecule has 0 aliphatic carbocycles. The molecule has 29 heavy (non-hydrogen) atoms. The lowest BCUT2D eigenvalue weighted by atomic mass is 10.1. The number of rotatable bonds is 7. The molecule has 0 aliphatic rings. The van der Waals surface area contributed by atoms with E-state index < -0.39 is 11.9 Å². The molecule has 1 N–H and O–H groups in total. The second-order valence-electron chi connectivity index (χ2n) is 6.29. The molecule has 0 radical (unpaired) electrons. The van der Waals surface area contributed by atoms with E-state index in [9.17, 15) is 9.59 Å². The molecule has 0 spiro atoms. The van der Waals surface area contributed by atoms with Gasteiger partial charge in [0, 0.05) is 11.8 Å². The molecule has 8 nitrogen and oxygen atoms in total. The summed E-state index contributed by atoms with van der Waals surface area (Å²) in [5.41, 5.74) is 1.94. The van der Waals surface area contributed by atoms with Gasteiger partial charge in [0.25, 0.3) is 5.91 Å². The highest BCUT2D eigenvalue weighted by molar-refractivity contribution is 5.94. The van der Waals surface area contributed by atoms with E-state index in [0.29, 0.717) is 18.1 Å². The van der Waals surface area contributed by atoms with Crippen LogP contribution >= 0.6 is 0 Å². The van der Waals surface area contributed by atoms with Crippen molar-refractivity contribution in [3.63, 3.8) is 0 Å². The van der Waals surface area contributed by atoms with Crippen LogP contribution in [0.4, 0.5) is 0 Å². The number of oxazole rings is 1. The Bertz CT molecular complexity index is 1110. The van der Waals surface area contributed by atoms with Crippen molar-refractivity contribution in [1.82, 2.24) is 24.8 Å². The van der Waals surface area contributed by atoms with Gasteiger partial charge in [0.15, 0.2) is 0 Å². The fraction of sp³-hybridized carbons (Fsp3) is 0.0952. The molecule has 144 valence electrons. The number of hydrogen-bond acceptors (Lipinski definition) is 6. The SMILES string of the molecule is O=C[C@H](Cc1ccccc1)NC(=O)c1cncn1-c1cc(-c2ncco2)ccn1. The van der Waals surface area contributed by atoms with Gasteiger partial charge in [-0.3, -0.25) is 9.36 Å². The van der Waals surface area contributed by atoms with E-state index in [-0.39, 0.29) is 5.69 Å². The lowest BCUT2D eigenvalue weighted by Crippen LogP contribution is -2.38. The monoisotopic (exact) mass is 387 g/mol. The Hall–Kier alpha value is -4.07. The quantitative estimate of drug-likeness (QED) is 0.489. The average Bonchev–Trinajstić information content (AvgIpc) is 3.46. The first-order chi connectivity index (χ1) is 14.2. The summed E-state index contributed by atoms with van der Waals surface area (Å²) in [7, 11) is 0. The average molecular weight is 387 g/mol. The topological polar surface area (TPSA) is 103 Å². The van der Waals surface area contributed by atoms with Crippen molar-refractivity contribution in [1.29, 1.82) is 0 Å². The van der Waals surface area contributed by atoms with Gasteiger partial charge in [0.2, 0.25) is 5.89 Å². The number of nitrogens with zero attached hydrogens (tertiary/aromatic N) is 4. The van der Waals surface area contributed by atoms with Crippen LogP contribution in [0.5, 0.6) is 0 Å². The highest BCUT2D eigenvalue weighted by Crippen LogP contribution is 2.19. The minimum atomic E-state index is -0.653. The second-order valence-corrected chi connectivity index (χ2v) is 6.29. The molecule has 3 aromatic heterocycles. The Morgan fingerprint density at radius 2 is 2.03 bits per heavy atom. The summed E-state index contributed by atoms with van der Waals surface area (Å²) in [6, 6.07) is 12.3. The third kappa shape index (κ3) is 4.11. The molecular weight excluding hydrogens is 370 g/mol. The molecule has 0 bridgehead atoms. The van der Waals surface area contributed by atoms with Crippen LogP contribution in [0.2, 0.25) is 0 Å². The first-order valence-electron chi connectivity index (χ1n) is 8.93. The van der Waals surface area contributed by atoms with E-state index in [1.165, 1.54) is 18.8 Å². The van der Waals surface area contributed by atoms with Crippen LogP contribution in [-0.4, -0.2) is 37.8 Å². The van der Waals surface area contributed by atoms with Crippen LogP contribution in [-0.2, 0) is 11.2 Å². The zero-order chi connectivity index (χ0) is 20.1. The molecule has 0 aliphatic heterocycles. The molecule has 1 atom stereocenters. The molecule has 4 rings (SSSR count). The van der Waals surface area contributed by atoms with Crippen LogP contribution < -0.4 is 5.32 Å². The number of aromatic nitrogens is 4. The Morgan fingerprint density at radius 1 is 1.17 bits per heavy atom. The van der Waals surface area contributed by atoms with Crippen LogP contribution in [0.25, 0.3) is 17.3 Å². The van der Waals surface area contributed by atoms with E-state index in [0.717, 1.165) is 17.4 Å². The number of pyridine rings is 1. The van der Waals surface area contributed by atoms with Gasteiger partial charge in [-0.15, -0.1) is 0 Å². The normalized spacial score (nSPS) is 11.7. The van der Waals surface area contributed by atoms with Gasteiger partial charge in [-0.2, -0.15) is 0 Å². The standard InChI is InChI=1S/C21H17N5O3/c27-13-17(10-15-4-2-1-3-5-15)25-20(28)18-12-22-14-26(18)19-11-16(6-7-23-19)21-24-8-9-29-21/h1-9,11-14,17H,10H2,(H,25,28)/t17-/m0/s1. The Balaban J connectivity index is 1.55. The van der Waals surface area contributed by atoms with E-state index in [2.05, 4.69) is 20.3 Å². The van der Waals surface area contributed by atoms with E-state index >= 15 is 0 Å². The maximum absolute atomic E-state index is 12.8. The summed E-state index contributed by atoms with van der Waals surface area (Å²) in [6.07, 6.45) is 8.69. The van der Waals surface area contributed by atoms with Crippen molar-refractivity contribution in [3.05, 3.63) is 84.9 Å². The van der Waals surface area contributed by atoms with Crippen LogP contribution in [0, 0.1) is 0 Å². The predicted molar refractivity (Wildman–Crippen MR) is 104 cm³/mol. The maximum atomic E-state index is 12.8. The fourth-order valence-electron chi connectivity index (χ4n) is 2.94. The second kappa shape index (κ2) is 8.30. The largest absolute Gasteiger partial charge is 0.445 e. The highest BCUT2D eigenvalue weighted by Gasteiger charge is 2.18. The first-order valence-corrected chi connectivity index (χ1v) is 8.93. The summed E-state index contributed by atoms with van der Waals surface area (Å²) in [4.78, 5) is 36.8. The summed E-state index contributed by atoms with van der Waals surface area (Å²) in [5.74, 6) is 0.511. The number of nitrogens with one attached hydrogen (secondary N) is 1. The van der Waals surface area contributed by atoms with Crippen LogP contribution in [0.15, 0.2) is 78.1 Å². The van der Waals surface area contributed by atoms with Gasteiger partial charge in [0.1, 0.15) is 30.4 Å². The van der Waals surface area contributed by atoms with Gasteiger partial charge >= 0.3 is 0 Å². The molecule has 0 fully saturated rings. The zero-order valence-corrected chi connectivity index (χ0v) is 15.3. The smallest absolute Gasteiger partial charge is 0.270 e. The number of hydrogen-bond donors (Lipinski definition) is 1. The third-order valence-electron chi connectivity index (χ3n) is 4.32. The minimum Gasteiger partial charge on any atom is -0.445 e. The van der Waals surface area contributed by atoms with Crippen molar-refractivity contribution in [2.45, 2.75) is 12.5 Å². The lowest BCUT2D eigenvalue weighted by molar-refractivity contribution is -0.109. The van der Waals surface area contributed by atoms with Crippen molar-refractivity contribution in [2.24, 2.45) is 0 Å². The fourth-order valence-corrected chi connectivity index (χ4v) is 2.94. The third-order valence-corrected chi connectivity index (χ3v) is 4.32. The van der Waals surface area contributed by atoms with Gasteiger partial charge < -0.3 is 14.5 Å². The predicted octanol–water partition coefficient (Wildman–Crippen LogP) is 2.46. The van der Waals surface area contributed by atoms with E-state index in [4.69, 9.17) is 4.42 Å². The highest BCUT2D eigenvalue weighted by atomic mass is 16.3.